The molecule has 1 aliphatic rings. The molecule has 0 unspecified atom stereocenters. The third-order valence-electron chi connectivity index (χ3n) is 3.68. The van der Waals surface area contributed by atoms with Gasteiger partial charge < -0.3 is 5.32 Å². The minimum Gasteiger partial charge on any atom is -0.317 e. The first-order valence-electron chi connectivity index (χ1n) is 6.81. The van der Waals surface area contributed by atoms with E-state index in [-0.39, 0.29) is 11.6 Å². The lowest BCUT2D eigenvalue weighted by atomic mass is 9.91. The second kappa shape index (κ2) is 7.15. The van der Waals surface area contributed by atoms with Crippen molar-refractivity contribution >= 4 is 21.7 Å². The van der Waals surface area contributed by atoms with Gasteiger partial charge in [-0.3, -0.25) is 4.79 Å². The van der Waals surface area contributed by atoms with Crippen LogP contribution >= 0.6 is 15.9 Å². The number of carbonyl (C=O) groups is 1. The van der Waals surface area contributed by atoms with Crippen LogP contribution in [0.4, 0.5) is 4.39 Å². The number of piperidine rings is 1. The van der Waals surface area contributed by atoms with Crippen LogP contribution in [0.25, 0.3) is 0 Å². The number of benzene rings is 1. The second-order valence-corrected chi connectivity index (χ2v) is 6.05. The summed E-state index contributed by atoms with van der Waals surface area (Å²) >= 11 is 3.14. The first-order valence-corrected chi connectivity index (χ1v) is 7.61. The quantitative estimate of drug-likeness (QED) is 0.897. The lowest BCUT2D eigenvalue weighted by Gasteiger charge is -2.22. The van der Waals surface area contributed by atoms with Crippen LogP contribution < -0.4 is 5.32 Å². The number of ketones is 1. The van der Waals surface area contributed by atoms with Crippen LogP contribution in [0.3, 0.4) is 0 Å². The fraction of sp³-hybridized carbons (Fsp3) is 0.533. The van der Waals surface area contributed by atoms with Crippen molar-refractivity contribution in [3.8, 4) is 0 Å². The van der Waals surface area contributed by atoms with Crippen molar-refractivity contribution in [1.29, 1.82) is 0 Å². The number of hydrogen-bond donors (Lipinski definition) is 1. The van der Waals surface area contributed by atoms with Gasteiger partial charge in [-0.15, -0.1) is 0 Å². The average molecular weight is 328 g/mol. The number of Topliss-reactive ketones (excluding diaryl/α,β-unsaturated/α-hetero) is 1. The normalized spacial score (nSPS) is 16.5. The van der Waals surface area contributed by atoms with Gasteiger partial charge in [-0.2, -0.15) is 0 Å². The molecule has 0 aromatic heterocycles. The fourth-order valence-corrected chi connectivity index (χ4v) is 2.93. The summed E-state index contributed by atoms with van der Waals surface area (Å²) in [5, 5.41) is 3.33. The van der Waals surface area contributed by atoms with Crippen molar-refractivity contribution in [3.05, 3.63) is 34.1 Å². The maximum atomic E-state index is 13.1. The predicted octanol–water partition coefficient (Wildman–Crippen LogP) is 3.48. The molecule has 1 fully saturated rings. The van der Waals surface area contributed by atoms with Crippen molar-refractivity contribution in [3.63, 3.8) is 0 Å². The third-order valence-corrected chi connectivity index (χ3v) is 4.28. The molecule has 0 atom stereocenters. The molecule has 2 nitrogen and oxygen atoms in total. The van der Waals surface area contributed by atoms with E-state index in [9.17, 15) is 9.18 Å². The van der Waals surface area contributed by atoms with E-state index < -0.39 is 0 Å². The van der Waals surface area contributed by atoms with Gasteiger partial charge in [0.25, 0.3) is 0 Å². The van der Waals surface area contributed by atoms with Crippen molar-refractivity contribution in [2.75, 3.05) is 13.1 Å². The molecule has 19 heavy (non-hydrogen) atoms. The molecule has 0 aliphatic carbocycles. The van der Waals surface area contributed by atoms with Gasteiger partial charge in [-0.05, 0) is 71.9 Å². The summed E-state index contributed by atoms with van der Waals surface area (Å²) < 4.78 is 13.5. The molecule has 4 heteroatoms. The summed E-state index contributed by atoms with van der Waals surface area (Å²) in [5.74, 6) is 0.646. The molecule has 0 bridgehead atoms. The lowest BCUT2D eigenvalue weighted by molar-refractivity contribution is -0.118. The van der Waals surface area contributed by atoms with Crippen LogP contribution in [0, 0.1) is 11.7 Å². The van der Waals surface area contributed by atoms with Crippen molar-refractivity contribution < 1.29 is 9.18 Å². The zero-order chi connectivity index (χ0) is 13.7. The first kappa shape index (κ1) is 14.7. The van der Waals surface area contributed by atoms with E-state index in [1.54, 1.807) is 12.1 Å². The number of rotatable bonds is 5. The van der Waals surface area contributed by atoms with Crippen molar-refractivity contribution in [2.24, 2.45) is 5.92 Å². The van der Waals surface area contributed by atoms with E-state index in [0.717, 1.165) is 25.1 Å². The molecule has 1 aliphatic heterocycles. The summed E-state index contributed by atoms with van der Waals surface area (Å²) in [6, 6.07) is 4.78. The Kier molecular flexibility index (Phi) is 5.52. The molecule has 1 heterocycles. The van der Waals surface area contributed by atoms with E-state index in [2.05, 4.69) is 21.2 Å². The highest BCUT2D eigenvalue weighted by Crippen LogP contribution is 2.20. The molecular weight excluding hydrogens is 309 g/mol. The van der Waals surface area contributed by atoms with Crippen LogP contribution in [0.5, 0.6) is 0 Å². The van der Waals surface area contributed by atoms with E-state index >= 15 is 0 Å². The van der Waals surface area contributed by atoms with Crippen LogP contribution in [0.1, 0.15) is 31.2 Å². The topological polar surface area (TPSA) is 29.1 Å². The molecule has 0 amide bonds. The van der Waals surface area contributed by atoms with E-state index in [4.69, 9.17) is 0 Å². The fourth-order valence-electron chi connectivity index (χ4n) is 2.50. The predicted molar refractivity (Wildman–Crippen MR) is 77.6 cm³/mol. The number of hydrogen-bond acceptors (Lipinski definition) is 2. The molecule has 1 aromatic rings. The molecule has 2 rings (SSSR count). The standard InChI is InChI=1S/C15H19BrFNO/c16-14-10-12(2-4-15(14)17)9-13(19)3-1-11-5-7-18-8-6-11/h2,4,10-11,18H,1,3,5-9H2. The largest absolute Gasteiger partial charge is 0.317 e. The maximum Gasteiger partial charge on any atom is 0.137 e. The minimum absolute atomic E-state index is 0.247. The maximum absolute atomic E-state index is 13.1. The van der Waals surface area contributed by atoms with Gasteiger partial charge in [0.15, 0.2) is 0 Å². The van der Waals surface area contributed by atoms with E-state index in [0.29, 0.717) is 23.2 Å². The monoisotopic (exact) mass is 327 g/mol. The Balaban J connectivity index is 1.78. The van der Waals surface area contributed by atoms with Gasteiger partial charge in [-0.1, -0.05) is 6.07 Å². The Labute approximate surface area is 121 Å². The summed E-state index contributed by atoms with van der Waals surface area (Å²) in [6.07, 6.45) is 4.39. The van der Waals surface area contributed by atoms with Gasteiger partial charge in [0.2, 0.25) is 0 Å². The Morgan fingerprint density at radius 2 is 2.11 bits per heavy atom. The van der Waals surface area contributed by atoms with Crippen LogP contribution in [-0.2, 0) is 11.2 Å². The highest BCUT2D eigenvalue weighted by molar-refractivity contribution is 9.10. The average Bonchev–Trinajstić information content (AvgIpc) is 2.42. The van der Waals surface area contributed by atoms with Crippen molar-refractivity contribution in [2.45, 2.75) is 32.1 Å². The zero-order valence-corrected chi connectivity index (χ0v) is 12.5. The van der Waals surface area contributed by atoms with Gasteiger partial charge in [0, 0.05) is 12.8 Å². The summed E-state index contributed by atoms with van der Waals surface area (Å²) in [5.41, 5.74) is 0.878. The Hall–Kier alpha value is -0.740. The molecule has 1 aromatic carbocycles. The molecule has 1 N–H and O–H groups in total. The second-order valence-electron chi connectivity index (χ2n) is 5.20. The van der Waals surface area contributed by atoms with Gasteiger partial charge in [0.1, 0.15) is 11.6 Å². The Morgan fingerprint density at radius 1 is 1.37 bits per heavy atom. The van der Waals surface area contributed by atoms with E-state index in [1.807, 2.05) is 0 Å². The minimum atomic E-state index is -0.286. The molecule has 104 valence electrons. The van der Waals surface area contributed by atoms with Gasteiger partial charge >= 0.3 is 0 Å². The van der Waals surface area contributed by atoms with Crippen molar-refractivity contribution in [1.82, 2.24) is 5.32 Å². The number of nitrogens with one attached hydrogen (secondary N) is 1. The number of halogens is 2. The molecule has 1 saturated heterocycles. The third kappa shape index (κ3) is 4.69. The first-order chi connectivity index (χ1) is 9.15. The van der Waals surface area contributed by atoms with Gasteiger partial charge in [0.05, 0.1) is 4.47 Å². The lowest BCUT2D eigenvalue weighted by Crippen LogP contribution is -2.28. The zero-order valence-electron chi connectivity index (χ0n) is 10.9. The molecule has 0 radical (unpaired) electrons. The Bertz CT molecular complexity index is 444. The summed E-state index contributed by atoms with van der Waals surface area (Å²) in [6.45, 7) is 2.15. The smallest absolute Gasteiger partial charge is 0.137 e. The summed E-state index contributed by atoms with van der Waals surface area (Å²) in [7, 11) is 0. The highest BCUT2D eigenvalue weighted by Gasteiger charge is 2.14. The Morgan fingerprint density at radius 3 is 2.79 bits per heavy atom. The van der Waals surface area contributed by atoms with Crippen LogP contribution in [0.15, 0.2) is 22.7 Å². The van der Waals surface area contributed by atoms with Gasteiger partial charge in [-0.25, -0.2) is 4.39 Å². The molecule has 0 saturated carbocycles. The highest BCUT2D eigenvalue weighted by atomic mass is 79.9. The van der Waals surface area contributed by atoms with Crippen LogP contribution in [0.2, 0.25) is 0 Å². The van der Waals surface area contributed by atoms with Crippen LogP contribution in [-0.4, -0.2) is 18.9 Å². The van der Waals surface area contributed by atoms with E-state index in [1.165, 1.54) is 18.9 Å². The molecular formula is C15H19BrFNO. The summed E-state index contributed by atoms with van der Waals surface area (Å²) in [4.78, 5) is 11.9. The molecule has 0 spiro atoms. The number of carbonyl (C=O) groups excluding carboxylic acids is 1. The SMILES string of the molecule is O=C(CCC1CCNCC1)Cc1ccc(F)c(Br)c1.